The number of rotatable bonds is 22. The van der Waals surface area contributed by atoms with Gasteiger partial charge in [0.2, 0.25) is 0 Å². The Morgan fingerprint density at radius 2 is 1.23 bits per heavy atom. The molecule has 0 N–H and O–H groups in total. The van der Waals surface area contributed by atoms with Crippen molar-refractivity contribution >= 4 is 11.9 Å². The monoisotopic (exact) mass is 438 g/mol. The van der Waals surface area contributed by atoms with Crippen molar-refractivity contribution in [1.82, 2.24) is 0 Å². The smallest absolute Gasteiger partial charge is 0.330 e. The maximum absolute atomic E-state index is 12.3. The summed E-state index contributed by atoms with van der Waals surface area (Å²) in [5.41, 5.74) is 0. The first-order valence-corrected chi connectivity index (χ1v) is 13.1. The molecule has 4 nitrogen and oxygen atoms in total. The first-order valence-electron chi connectivity index (χ1n) is 13.1. The van der Waals surface area contributed by atoms with Crippen LogP contribution >= 0.6 is 0 Å². The van der Waals surface area contributed by atoms with Crippen LogP contribution in [0.3, 0.4) is 0 Å². The number of ether oxygens (including phenoxy) is 2. The van der Waals surface area contributed by atoms with E-state index in [0.29, 0.717) is 6.42 Å². The highest BCUT2D eigenvalue weighted by Gasteiger charge is 2.14. The second-order valence-corrected chi connectivity index (χ2v) is 8.75. The first-order chi connectivity index (χ1) is 15.1. The second kappa shape index (κ2) is 23.3. The zero-order chi connectivity index (χ0) is 23.0. The summed E-state index contributed by atoms with van der Waals surface area (Å²) in [5, 5.41) is 0. The SMILES string of the molecule is CCCCCCCCCC(CCCCCC=CC(=O)OC)OC(=O)CCCCCCC. The quantitative estimate of drug-likeness (QED) is 0.0973. The molecule has 0 aromatic heterocycles. The average Bonchev–Trinajstić information content (AvgIpc) is 2.77. The molecule has 0 fully saturated rings. The van der Waals surface area contributed by atoms with Gasteiger partial charge in [-0.25, -0.2) is 4.79 Å². The highest BCUT2D eigenvalue weighted by molar-refractivity contribution is 5.81. The molecule has 1 atom stereocenters. The molecule has 0 aliphatic carbocycles. The van der Waals surface area contributed by atoms with Crippen molar-refractivity contribution in [3.05, 3.63) is 12.2 Å². The number of hydrogen-bond donors (Lipinski definition) is 0. The summed E-state index contributed by atoms with van der Waals surface area (Å²) in [6.45, 7) is 4.45. The molecule has 0 aromatic carbocycles. The van der Waals surface area contributed by atoms with Gasteiger partial charge in [0.1, 0.15) is 6.10 Å². The zero-order valence-electron chi connectivity index (χ0n) is 20.8. The van der Waals surface area contributed by atoms with Gasteiger partial charge in [0.15, 0.2) is 0 Å². The molecule has 0 aromatic rings. The van der Waals surface area contributed by atoms with Crippen molar-refractivity contribution in [3.63, 3.8) is 0 Å². The third kappa shape index (κ3) is 21.7. The summed E-state index contributed by atoms with van der Waals surface area (Å²) in [6, 6.07) is 0. The van der Waals surface area contributed by atoms with E-state index in [2.05, 4.69) is 18.6 Å². The Balaban J connectivity index is 4.13. The molecule has 31 heavy (non-hydrogen) atoms. The minimum absolute atomic E-state index is 0.00884. The molecular weight excluding hydrogens is 388 g/mol. The van der Waals surface area contributed by atoms with Gasteiger partial charge in [0.05, 0.1) is 7.11 Å². The predicted octanol–water partition coefficient (Wildman–Crippen LogP) is 8.08. The lowest BCUT2D eigenvalue weighted by Gasteiger charge is -2.18. The van der Waals surface area contributed by atoms with Crippen molar-refractivity contribution in [1.29, 1.82) is 0 Å². The van der Waals surface area contributed by atoms with Crippen LogP contribution in [0, 0.1) is 0 Å². The van der Waals surface area contributed by atoms with Gasteiger partial charge in [-0.15, -0.1) is 0 Å². The van der Waals surface area contributed by atoms with Crippen LogP contribution in [-0.4, -0.2) is 25.2 Å². The number of esters is 2. The van der Waals surface area contributed by atoms with Crippen LogP contribution in [0.5, 0.6) is 0 Å². The Morgan fingerprint density at radius 1 is 0.710 bits per heavy atom. The van der Waals surface area contributed by atoms with Gasteiger partial charge in [-0.3, -0.25) is 4.79 Å². The summed E-state index contributed by atoms with van der Waals surface area (Å²) in [4.78, 5) is 23.3. The molecule has 4 heteroatoms. The number of allylic oxidation sites excluding steroid dienone is 1. The van der Waals surface area contributed by atoms with Crippen LogP contribution in [0.1, 0.15) is 136 Å². The molecule has 0 radical (unpaired) electrons. The van der Waals surface area contributed by atoms with E-state index in [0.717, 1.165) is 57.8 Å². The topological polar surface area (TPSA) is 52.6 Å². The van der Waals surface area contributed by atoms with Crippen molar-refractivity contribution in [3.8, 4) is 0 Å². The maximum Gasteiger partial charge on any atom is 0.330 e. The van der Waals surface area contributed by atoms with Gasteiger partial charge in [-0.05, 0) is 44.9 Å². The summed E-state index contributed by atoms with van der Waals surface area (Å²) in [5.74, 6) is -0.304. The molecule has 0 aliphatic heterocycles. The highest BCUT2D eigenvalue weighted by Crippen LogP contribution is 2.18. The summed E-state index contributed by atoms with van der Waals surface area (Å²) in [6.07, 6.45) is 24.8. The van der Waals surface area contributed by atoms with E-state index in [1.165, 1.54) is 71.0 Å². The van der Waals surface area contributed by atoms with E-state index in [-0.39, 0.29) is 18.0 Å². The molecule has 0 amide bonds. The fourth-order valence-electron chi connectivity index (χ4n) is 3.77. The Kier molecular flexibility index (Phi) is 22.4. The third-order valence-corrected chi connectivity index (χ3v) is 5.76. The minimum atomic E-state index is -0.295. The third-order valence-electron chi connectivity index (χ3n) is 5.76. The molecule has 0 spiro atoms. The van der Waals surface area contributed by atoms with Crippen LogP contribution in [0.4, 0.5) is 0 Å². The van der Waals surface area contributed by atoms with E-state index >= 15 is 0 Å². The predicted molar refractivity (Wildman–Crippen MR) is 130 cm³/mol. The Bertz CT molecular complexity index is 445. The Morgan fingerprint density at radius 3 is 1.81 bits per heavy atom. The van der Waals surface area contributed by atoms with Crippen LogP contribution in [-0.2, 0) is 19.1 Å². The first kappa shape index (κ1) is 29.7. The van der Waals surface area contributed by atoms with Gasteiger partial charge >= 0.3 is 11.9 Å². The number of unbranched alkanes of at least 4 members (excludes halogenated alkanes) is 13. The number of hydrogen-bond acceptors (Lipinski definition) is 4. The van der Waals surface area contributed by atoms with E-state index in [9.17, 15) is 9.59 Å². The zero-order valence-corrected chi connectivity index (χ0v) is 20.8. The molecule has 0 saturated heterocycles. The maximum atomic E-state index is 12.3. The molecule has 1 unspecified atom stereocenters. The van der Waals surface area contributed by atoms with E-state index in [1.54, 1.807) is 0 Å². The molecule has 0 rings (SSSR count). The average molecular weight is 439 g/mol. The molecular formula is C27H50O4. The molecule has 0 heterocycles. The molecule has 0 saturated carbocycles. The number of carbonyl (C=O) groups excluding carboxylic acids is 2. The van der Waals surface area contributed by atoms with E-state index in [4.69, 9.17) is 4.74 Å². The van der Waals surface area contributed by atoms with Crippen molar-refractivity contribution < 1.29 is 19.1 Å². The van der Waals surface area contributed by atoms with Gasteiger partial charge < -0.3 is 9.47 Å². The number of methoxy groups -OCH3 is 1. The highest BCUT2D eigenvalue weighted by atomic mass is 16.5. The second-order valence-electron chi connectivity index (χ2n) is 8.75. The van der Waals surface area contributed by atoms with Gasteiger partial charge in [-0.2, -0.15) is 0 Å². The largest absolute Gasteiger partial charge is 0.466 e. The molecule has 0 aliphatic rings. The van der Waals surface area contributed by atoms with E-state index in [1.807, 2.05) is 6.08 Å². The van der Waals surface area contributed by atoms with E-state index < -0.39 is 0 Å². The fraction of sp³-hybridized carbons (Fsp3) is 0.852. The van der Waals surface area contributed by atoms with Crippen LogP contribution in [0.25, 0.3) is 0 Å². The normalized spacial score (nSPS) is 12.2. The van der Waals surface area contributed by atoms with Crippen LogP contribution in [0.2, 0.25) is 0 Å². The lowest BCUT2D eigenvalue weighted by atomic mass is 10.0. The lowest BCUT2D eigenvalue weighted by Crippen LogP contribution is -2.18. The minimum Gasteiger partial charge on any atom is -0.466 e. The van der Waals surface area contributed by atoms with Crippen LogP contribution < -0.4 is 0 Å². The van der Waals surface area contributed by atoms with Crippen molar-refractivity contribution in [2.45, 2.75) is 142 Å². The summed E-state index contributed by atoms with van der Waals surface area (Å²) < 4.78 is 10.5. The molecule has 182 valence electrons. The standard InChI is InChI=1S/C27H50O4/c1-4-6-8-10-11-14-17-21-25(31-27(29)24-20-13-9-7-5-2)22-18-15-12-16-19-23-26(28)30-3/h19,23,25H,4-18,20-22,24H2,1-3H3. The van der Waals surface area contributed by atoms with Gasteiger partial charge in [0, 0.05) is 12.5 Å². The van der Waals surface area contributed by atoms with Crippen LogP contribution in [0.15, 0.2) is 12.2 Å². The van der Waals surface area contributed by atoms with Gasteiger partial charge in [-0.1, -0.05) is 90.6 Å². The van der Waals surface area contributed by atoms with Gasteiger partial charge in [0.25, 0.3) is 0 Å². The summed E-state index contributed by atoms with van der Waals surface area (Å²) in [7, 11) is 1.39. The Labute approximate surface area is 192 Å². The fourth-order valence-corrected chi connectivity index (χ4v) is 3.77. The lowest BCUT2D eigenvalue weighted by molar-refractivity contribution is -0.150. The molecule has 0 bridgehead atoms. The Hall–Kier alpha value is -1.32. The van der Waals surface area contributed by atoms with Crippen molar-refractivity contribution in [2.75, 3.05) is 7.11 Å². The number of carbonyl (C=O) groups is 2. The van der Waals surface area contributed by atoms with Crippen molar-refractivity contribution in [2.24, 2.45) is 0 Å². The summed E-state index contributed by atoms with van der Waals surface area (Å²) >= 11 is 0.